The van der Waals surface area contributed by atoms with Crippen LogP contribution in [-0.4, -0.2) is 41.9 Å². The number of hydrogen-bond donors (Lipinski definition) is 1. The molecule has 1 aliphatic rings. The van der Waals surface area contributed by atoms with Gasteiger partial charge in [0, 0.05) is 0 Å². The molecule has 1 fully saturated rings. The predicted octanol–water partition coefficient (Wildman–Crippen LogP) is 2.40. The summed E-state index contributed by atoms with van der Waals surface area (Å²) < 4.78 is 17.7. The van der Waals surface area contributed by atoms with Gasteiger partial charge < -0.3 is 19.1 Å². The Morgan fingerprint density at radius 1 is 1.10 bits per heavy atom. The molecular weight excluding hydrogens is 254 g/mol. The average Bonchev–Trinajstić information content (AvgIpc) is 2.46. The van der Waals surface area contributed by atoms with E-state index < -0.39 is 23.8 Å². The Balaban J connectivity index is 2.70. The zero-order chi connectivity index (χ0) is 16.0. The SMILES string of the molecule is CC(C)C1(C)OB([B]OC(C)(C)C(C)(C)O)OC1(C)C. The van der Waals surface area contributed by atoms with Crippen molar-refractivity contribution in [3.05, 3.63) is 0 Å². The second-order valence-electron chi connectivity index (χ2n) is 7.70. The fourth-order valence-electron chi connectivity index (χ4n) is 2.07. The van der Waals surface area contributed by atoms with Gasteiger partial charge in [0.25, 0.3) is 0 Å². The van der Waals surface area contributed by atoms with Gasteiger partial charge in [0.2, 0.25) is 0 Å². The molecule has 0 bridgehead atoms. The topological polar surface area (TPSA) is 47.9 Å². The first-order valence-corrected chi connectivity index (χ1v) is 7.32. The zero-order valence-electron chi connectivity index (χ0n) is 14.4. The Morgan fingerprint density at radius 2 is 1.60 bits per heavy atom. The van der Waals surface area contributed by atoms with Crippen molar-refractivity contribution in [1.82, 2.24) is 0 Å². The maximum absolute atomic E-state index is 10.1. The van der Waals surface area contributed by atoms with Crippen molar-refractivity contribution in [1.29, 1.82) is 0 Å². The number of aliphatic hydroxyl groups is 1. The Hall–Kier alpha value is -0.0301. The van der Waals surface area contributed by atoms with Crippen molar-refractivity contribution in [3.8, 4) is 0 Å². The number of rotatable bonds is 5. The average molecular weight is 283 g/mol. The molecule has 1 radical (unpaired) electrons. The van der Waals surface area contributed by atoms with Crippen molar-refractivity contribution >= 4 is 14.4 Å². The van der Waals surface area contributed by atoms with Gasteiger partial charge in [-0.25, -0.2) is 0 Å². The number of hydrogen-bond acceptors (Lipinski definition) is 4. The van der Waals surface area contributed by atoms with E-state index in [-0.39, 0.29) is 5.60 Å². The minimum absolute atomic E-state index is 0.318. The first-order chi connectivity index (χ1) is 8.73. The van der Waals surface area contributed by atoms with Crippen molar-refractivity contribution in [2.24, 2.45) is 5.92 Å². The van der Waals surface area contributed by atoms with Crippen LogP contribution >= 0.6 is 0 Å². The summed E-state index contributed by atoms with van der Waals surface area (Å²) in [6.45, 7) is 17.5. The maximum Gasteiger partial charge on any atom is 0.439 e. The van der Waals surface area contributed by atoms with Gasteiger partial charge in [0.1, 0.15) is 0 Å². The summed E-state index contributed by atoms with van der Waals surface area (Å²) in [5.41, 5.74) is -2.46. The lowest BCUT2D eigenvalue weighted by molar-refractivity contribution is -0.0894. The second-order valence-corrected chi connectivity index (χ2v) is 7.70. The maximum atomic E-state index is 10.1. The van der Waals surface area contributed by atoms with Gasteiger partial charge in [0.05, 0.1) is 22.4 Å². The van der Waals surface area contributed by atoms with Gasteiger partial charge in [-0.3, -0.25) is 0 Å². The fourth-order valence-corrected chi connectivity index (χ4v) is 2.07. The highest BCUT2D eigenvalue weighted by Gasteiger charge is 2.56. The molecule has 0 aromatic heterocycles. The summed E-state index contributed by atoms with van der Waals surface area (Å²) in [5, 5.41) is 10.1. The molecule has 1 saturated heterocycles. The van der Waals surface area contributed by atoms with Crippen LogP contribution in [0.15, 0.2) is 0 Å². The molecule has 4 nitrogen and oxygen atoms in total. The van der Waals surface area contributed by atoms with Crippen LogP contribution in [0, 0.1) is 5.92 Å². The molecule has 1 aliphatic heterocycles. The molecule has 6 heteroatoms. The predicted molar refractivity (Wildman–Crippen MR) is 82.5 cm³/mol. The van der Waals surface area contributed by atoms with Gasteiger partial charge >= 0.3 is 14.4 Å². The minimum Gasteiger partial charge on any atom is -0.435 e. The van der Waals surface area contributed by atoms with Crippen LogP contribution in [-0.2, 0) is 14.0 Å². The van der Waals surface area contributed by atoms with Crippen LogP contribution in [0.1, 0.15) is 62.3 Å². The third kappa shape index (κ3) is 3.24. The van der Waals surface area contributed by atoms with Gasteiger partial charge in [-0.05, 0) is 54.4 Å². The third-order valence-corrected chi connectivity index (χ3v) is 5.02. The Bertz CT molecular complexity index is 350. The molecule has 1 atom stereocenters. The first kappa shape index (κ1) is 18.0. The molecule has 0 aliphatic carbocycles. The van der Waals surface area contributed by atoms with Gasteiger partial charge in [-0.2, -0.15) is 0 Å². The van der Waals surface area contributed by atoms with E-state index in [0.29, 0.717) is 5.92 Å². The van der Waals surface area contributed by atoms with E-state index in [4.69, 9.17) is 14.0 Å². The lowest BCUT2D eigenvalue weighted by Crippen LogP contribution is -2.50. The zero-order valence-corrected chi connectivity index (χ0v) is 14.4. The molecule has 0 aromatic carbocycles. The standard InChI is InChI=1S/C14H29B2O4/c1-10(2)14(9)13(7,8)19-16(20-14)15-18-12(5,6)11(3,4)17/h10,17H,1-9H3. The molecule has 1 heterocycles. The first-order valence-electron chi connectivity index (χ1n) is 7.32. The summed E-state index contributed by atoms with van der Waals surface area (Å²) in [5.74, 6) is 0.318. The molecule has 0 aromatic rings. The van der Waals surface area contributed by atoms with Crippen molar-refractivity contribution in [3.63, 3.8) is 0 Å². The summed E-state index contributed by atoms with van der Waals surface area (Å²) >= 11 is 0. The lowest BCUT2D eigenvalue weighted by Gasteiger charge is -2.40. The Labute approximate surface area is 125 Å². The minimum atomic E-state index is -0.959. The summed E-state index contributed by atoms with van der Waals surface area (Å²) in [6.07, 6.45) is 0. The van der Waals surface area contributed by atoms with Crippen molar-refractivity contribution in [2.45, 2.75) is 84.7 Å². The van der Waals surface area contributed by atoms with Crippen LogP contribution in [0.5, 0.6) is 0 Å². The molecule has 0 amide bonds. The quantitative estimate of drug-likeness (QED) is 0.787. The molecule has 1 N–H and O–H groups in total. The highest BCUT2D eigenvalue weighted by Crippen LogP contribution is 2.42. The van der Waals surface area contributed by atoms with E-state index in [1.54, 1.807) is 21.2 Å². The van der Waals surface area contributed by atoms with Crippen LogP contribution in [0.4, 0.5) is 0 Å². The largest absolute Gasteiger partial charge is 0.439 e. The van der Waals surface area contributed by atoms with E-state index in [2.05, 4.69) is 20.8 Å². The fraction of sp³-hybridized carbons (Fsp3) is 1.00. The molecule has 0 spiro atoms. The monoisotopic (exact) mass is 283 g/mol. The van der Waals surface area contributed by atoms with Crippen molar-refractivity contribution in [2.75, 3.05) is 0 Å². The highest BCUT2D eigenvalue weighted by atomic mass is 16.7. The molecule has 0 saturated carbocycles. The second kappa shape index (κ2) is 5.31. The van der Waals surface area contributed by atoms with E-state index in [1.807, 2.05) is 27.7 Å². The van der Waals surface area contributed by atoms with E-state index in [1.165, 1.54) is 0 Å². The molecule has 1 unspecified atom stereocenters. The molecular formula is C14H29B2O4. The Morgan fingerprint density at radius 3 is 1.95 bits per heavy atom. The smallest absolute Gasteiger partial charge is 0.435 e. The molecule has 1 rings (SSSR count). The van der Waals surface area contributed by atoms with Crippen LogP contribution in [0.25, 0.3) is 0 Å². The van der Waals surface area contributed by atoms with Gasteiger partial charge in [-0.1, -0.05) is 13.8 Å². The van der Waals surface area contributed by atoms with Gasteiger partial charge in [-0.15, -0.1) is 0 Å². The third-order valence-electron chi connectivity index (χ3n) is 5.02. The van der Waals surface area contributed by atoms with Crippen molar-refractivity contribution < 1.29 is 19.1 Å². The van der Waals surface area contributed by atoms with E-state index in [9.17, 15) is 5.11 Å². The van der Waals surface area contributed by atoms with E-state index in [0.717, 1.165) is 0 Å². The lowest BCUT2D eigenvalue weighted by atomic mass is 9.55. The van der Waals surface area contributed by atoms with Crippen LogP contribution in [0.3, 0.4) is 0 Å². The van der Waals surface area contributed by atoms with Crippen LogP contribution in [0.2, 0.25) is 0 Å². The summed E-state index contributed by atoms with van der Waals surface area (Å²) in [7, 11) is 1.02. The Kier molecular flexibility index (Phi) is 4.78. The molecule has 115 valence electrons. The summed E-state index contributed by atoms with van der Waals surface area (Å²) in [4.78, 5) is 0. The van der Waals surface area contributed by atoms with E-state index >= 15 is 0 Å². The summed E-state index contributed by atoms with van der Waals surface area (Å²) in [6, 6.07) is 0. The van der Waals surface area contributed by atoms with Gasteiger partial charge in [0.15, 0.2) is 0 Å². The normalized spacial score (nSPS) is 27.2. The highest BCUT2D eigenvalue weighted by molar-refractivity contribution is 7.03. The van der Waals surface area contributed by atoms with Crippen LogP contribution < -0.4 is 0 Å². The molecule has 20 heavy (non-hydrogen) atoms.